The SMILES string of the molecule is COCC(C)(NC(=O)Cc1ccc(OC(F)F)cc1)C(=O)O. The predicted molar refractivity (Wildman–Crippen MR) is 72.8 cm³/mol. The molecule has 0 radical (unpaired) electrons. The lowest BCUT2D eigenvalue weighted by Crippen LogP contribution is -2.55. The molecule has 2 N–H and O–H groups in total. The minimum Gasteiger partial charge on any atom is -0.479 e. The van der Waals surface area contributed by atoms with Gasteiger partial charge in [-0.05, 0) is 24.6 Å². The second kappa shape index (κ2) is 7.69. The molecule has 0 heterocycles. The van der Waals surface area contributed by atoms with Crippen LogP contribution in [0.25, 0.3) is 0 Å². The fourth-order valence-corrected chi connectivity index (χ4v) is 1.77. The third-order valence-electron chi connectivity index (χ3n) is 2.83. The molecular formula is C14H17F2NO5. The number of nitrogens with one attached hydrogen (secondary N) is 1. The van der Waals surface area contributed by atoms with Crippen molar-refractivity contribution in [2.75, 3.05) is 13.7 Å². The maximum atomic E-state index is 12.0. The molecule has 8 heteroatoms. The molecule has 0 saturated carbocycles. The third-order valence-corrected chi connectivity index (χ3v) is 2.83. The zero-order valence-electron chi connectivity index (χ0n) is 12.1. The van der Waals surface area contributed by atoms with Gasteiger partial charge in [-0.2, -0.15) is 8.78 Å². The predicted octanol–water partition coefficient (Wildman–Crippen LogP) is 1.44. The number of aliphatic carboxylic acids is 1. The number of halogens is 2. The van der Waals surface area contributed by atoms with Gasteiger partial charge >= 0.3 is 12.6 Å². The number of amides is 1. The minimum atomic E-state index is -2.92. The number of benzene rings is 1. The van der Waals surface area contributed by atoms with E-state index in [0.717, 1.165) is 0 Å². The second-order valence-corrected chi connectivity index (χ2v) is 4.82. The number of hydrogen-bond donors (Lipinski definition) is 2. The molecule has 0 saturated heterocycles. The van der Waals surface area contributed by atoms with Crippen LogP contribution in [0.5, 0.6) is 5.75 Å². The molecule has 1 atom stereocenters. The smallest absolute Gasteiger partial charge is 0.387 e. The highest BCUT2D eigenvalue weighted by atomic mass is 19.3. The van der Waals surface area contributed by atoms with E-state index < -0.39 is 24.0 Å². The normalized spacial score (nSPS) is 13.5. The van der Waals surface area contributed by atoms with E-state index in [2.05, 4.69) is 10.1 Å². The second-order valence-electron chi connectivity index (χ2n) is 4.82. The van der Waals surface area contributed by atoms with Gasteiger partial charge in [0.2, 0.25) is 5.91 Å². The van der Waals surface area contributed by atoms with Crippen molar-refractivity contribution in [3.8, 4) is 5.75 Å². The Morgan fingerprint density at radius 1 is 1.32 bits per heavy atom. The van der Waals surface area contributed by atoms with Gasteiger partial charge in [0.15, 0.2) is 5.54 Å². The number of methoxy groups -OCH3 is 1. The molecule has 0 spiro atoms. The van der Waals surface area contributed by atoms with Gasteiger partial charge in [-0.3, -0.25) is 4.79 Å². The third kappa shape index (κ3) is 5.28. The lowest BCUT2D eigenvalue weighted by Gasteiger charge is -2.25. The first-order valence-corrected chi connectivity index (χ1v) is 6.34. The van der Waals surface area contributed by atoms with Crippen molar-refractivity contribution in [1.82, 2.24) is 5.32 Å². The number of carbonyl (C=O) groups excluding carboxylic acids is 1. The molecule has 6 nitrogen and oxygen atoms in total. The summed E-state index contributed by atoms with van der Waals surface area (Å²) in [6, 6.07) is 5.51. The van der Waals surface area contributed by atoms with Crippen LogP contribution < -0.4 is 10.1 Å². The van der Waals surface area contributed by atoms with Gasteiger partial charge in [0.25, 0.3) is 0 Å². The van der Waals surface area contributed by atoms with Gasteiger partial charge in [-0.1, -0.05) is 12.1 Å². The molecule has 1 amide bonds. The number of carboxylic acid groups (broad SMARTS) is 1. The maximum absolute atomic E-state index is 12.0. The molecule has 1 unspecified atom stereocenters. The van der Waals surface area contributed by atoms with Crippen LogP contribution in [0.4, 0.5) is 8.78 Å². The van der Waals surface area contributed by atoms with Gasteiger partial charge in [-0.25, -0.2) is 4.79 Å². The summed E-state index contributed by atoms with van der Waals surface area (Å²) in [5.74, 6) is -1.76. The van der Waals surface area contributed by atoms with E-state index >= 15 is 0 Å². The lowest BCUT2D eigenvalue weighted by atomic mass is 10.0. The summed E-state index contributed by atoms with van der Waals surface area (Å²) in [5.41, 5.74) is -1.01. The Balaban J connectivity index is 2.66. The van der Waals surface area contributed by atoms with Gasteiger partial charge in [-0.15, -0.1) is 0 Å². The summed E-state index contributed by atoms with van der Waals surface area (Å²) in [6.07, 6.45) is -0.0957. The molecule has 1 aromatic rings. The average molecular weight is 317 g/mol. The minimum absolute atomic E-state index is 0.0195. The Labute approximate surface area is 126 Å². The highest BCUT2D eigenvalue weighted by molar-refractivity contribution is 5.87. The monoisotopic (exact) mass is 317 g/mol. The Morgan fingerprint density at radius 2 is 1.91 bits per heavy atom. The summed E-state index contributed by atoms with van der Waals surface area (Å²) >= 11 is 0. The highest BCUT2D eigenvalue weighted by Gasteiger charge is 2.34. The lowest BCUT2D eigenvalue weighted by molar-refractivity contribution is -0.149. The van der Waals surface area contributed by atoms with Crippen LogP contribution in [0, 0.1) is 0 Å². The van der Waals surface area contributed by atoms with Gasteiger partial charge < -0.3 is 19.9 Å². The van der Waals surface area contributed by atoms with Crippen LogP contribution in [0.1, 0.15) is 12.5 Å². The van der Waals surface area contributed by atoms with E-state index in [0.29, 0.717) is 5.56 Å². The summed E-state index contributed by atoms with van der Waals surface area (Å²) in [6.45, 7) is -1.77. The molecule has 0 bridgehead atoms. The van der Waals surface area contributed by atoms with Crippen molar-refractivity contribution < 1.29 is 33.0 Å². The van der Waals surface area contributed by atoms with Gasteiger partial charge in [0, 0.05) is 7.11 Å². The maximum Gasteiger partial charge on any atom is 0.387 e. The molecule has 0 aliphatic carbocycles. The van der Waals surface area contributed by atoms with Crippen LogP contribution >= 0.6 is 0 Å². The number of hydrogen-bond acceptors (Lipinski definition) is 4. The summed E-state index contributed by atoms with van der Waals surface area (Å²) in [7, 11) is 1.33. The van der Waals surface area contributed by atoms with E-state index in [4.69, 9.17) is 9.84 Å². The highest BCUT2D eigenvalue weighted by Crippen LogP contribution is 2.15. The van der Waals surface area contributed by atoms with Crippen molar-refractivity contribution in [3.05, 3.63) is 29.8 Å². The Morgan fingerprint density at radius 3 is 2.36 bits per heavy atom. The molecule has 0 fully saturated rings. The van der Waals surface area contributed by atoms with Crippen molar-refractivity contribution in [2.24, 2.45) is 0 Å². The van der Waals surface area contributed by atoms with E-state index in [-0.39, 0.29) is 18.8 Å². The number of rotatable bonds is 8. The van der Waals surface area contributed by atoms with Crippen LogP contribution in [-0.4, -0.2) is 42.9 Å². The number of alkyl halides is 2. The zero-order valence-corrected chi connectivity index (χ0v) is 12.1. The quantitative estimate of drug-likeness (QED) is 0.758. The Hall–Kier alpha value is -2.22. The van der Waals surface area contributed by atoms with Crippen molar-refractivity contribution >= 4 is 11.9 Å². The fraction of sp³-hybridized carbons (Fsp3) is 0.429. The topological polar surface area (TPSA) is 84.9 Å². The van der Waals surface area contributed by atoms with Crippen LogP contribution in [-0.2, 0) is 20.7 Å². The average Bonchev–Trinajstić information content (AvgIpc) is 2.40. The van der Waals surface area contributed by atoms with Crippen molar-refractivity contribution in [2.45, 2.75) is 25.5 Å². The molecule has 0 aliphatic rings. The molecule has 1 rings (SSSR count). The van der Waals surface area contributed by atoms with Gasteiger partial charge in [0.05, 0.1) is 13.0 Å². The first-order valence-electron chi connectivity index (χ1n) is 6.34. The van der Waals surface area contributed by atoms with Crippen LogP contribution in [0.15, 0.2) is 24.3 Å². The fourth-order valence-electron chi connectivity index (χ4n) is 1.77. The Kier molecular flexibility index (Phi) is 6.24. The molecule has 22 heavy (non-hydrogen) atoms. The van der Waals surface area contributed by atoms with E-state index in [1.54, 1.807) is 0 Å². The molecular weight excluding hydrogens is 300 g/mol. The molecule has 0 aromatic heterocycles. The summed E-state index contributed by atoms with van der Waals surface area (Å²) < 4.78 is 33.0. The van der Waals surface area contributed by atoms with Crippen LogP contribution in [0.2, 0.25) is 0 Å². The summed E-state index contributed by atoms with van der Waals surface area (Å²) in [5, 5.41) is 11.5. The van der Waals surface area contributed by atoms with Gasteiger partial charge in [0.1, 0.15) is 5.75 Å². The van der Waals surface area contributed by atoms with E-state index in [9.17, 15) is 18.4 Å². The molecule has 122 valence electrons. The largest absolute Gasteiger partial charge is 0.479 e. The van der Waals surface area contributed by atoms with Crippen molar-refractivity contribution in [1.29, 1.82) is 0 Å². The standard InChI is InChI=1S/C14H17F2NO5/c1-14(8-21-2,12(19)20)17-11(18)7-9-3-5-10(6-4-9)22-13(15)16/h3-6,13H,7-8H2,1-2H3,(H,17,18)(H,19,20). The molecule has 1 aromatic carbocycles. The first-order chi connectivity index (χ1) is 10.3. The number of carboxylic acids is 1. The summed E-state index contributed by atoms with van der Waals surface area (Å²) in [4.78, 5) is 23.1. The molecule has 0 aliphatic heterocycles. The number of ether oxygens (including phenoxy) is 2. The zero-order chi connectivity index (χ0) is 16.8. The first kappa shape index (κ1) is 17.8. The van der Waals surface area contributed by atoms with E-state index in [1.807, 2.05) is 0 Å². The Bertz CT molecular complexity index is 520. The number of carbonyl (C=O) groups is 2. The van der Waals surface area contributed by atoms with Crippen LogP contribution in [0.3, 0.4) is 0 Å². The van der Waals surface area contributed by atoms with E-state index in [1.165, 1.54) is 38.3 Å². The van der Waals surface area contributed by atoms with Crippen molar-refractivity contribution in [3.63, 3.8) is 0 Å².